The number of allylic oxidation sites excluding steroid dienone is 1. The van der Waals surface area contributed by atoms with E-state index in [4.69, 9.17) is 0 Å². The zero-order chi connectivity index (χ0) is 13.0. The Morgan fingerprint density at radius 1 is 1.53 bits per heavy atom. The average molecular weight is 252 g/mol. The largest absolute Gasteiger partial charge is 0.301 e. The summed E-state index contributed by atoms with van der Waals surface area (Å²) in [6.45, 7) is 11.9. The molecule has 0 radical (unpaired) electrons. The molecule has 0 aliphatic heterocycles. The lowest BCUT2D eigenvalue weighted by Crippen LogP contribution is -2.17. The van der Waals surface area contributed by atoms with E-state index in [1.54, 1.807) is 11.8 Å². The SMILES string of the molecule is C=C(C)Cc1c(C)nc(SCC(C)C)[nH]c1=O. The van der Waals surface area contributed by atoms with Gasteiger partial charge in [-0.1, -0.05) is 37.8 Å². The summed E-state index contributed by atoms with van der Waals surface area (Å²) in [4.78, 5) is 19.1. The zero-order valence-electron chi connectivity index (χ0n) is 11.0. The summed E-state index contributed by atoms with van der Waals surface area (Å²) in [6, 6.07) is 0. The van der Waals surface area contributed by atoms with E-state index in [9.17, 15) is 4.79 Å². The van der Waals surface area contributed by atoms with Crippen LogP contribution in [0.3, 0.4) is 0 Å². The van der Waals surface area contributed by atoms with Gasteiger partial charge in [-0.2, -0.15) is 0 Å². The van der Waals surface area contributed by atoms with Crippen LogP contribution < -0.4 is 5.56 Å². The van der Waals surface area contributed by atoms with Gasteiger partial charge in [-0.15, -0.1) is 0 Å². The lowest BCUT2D eigenvalue weighted by atomic mass is 10.1. The standard InChI is InChI=1S/C13H20N2OS/c1-8(2)6-11-10(5)14-13(15-12(11)16)17-7-9(3)4/h9H,1,6-7H2,2-5H3,(H,14,15,16). The van der Waals surface area contributed by atoms with Crippen molar-refractivity contribution in [3.8, 4) is 0 Å². The fourth-order valence-corrected chi connectivity index (χ4v) is 2.27. The topological polar surface area (TPSA) is 45.8 Å². The Hall–Kier alpha value is -1.03. The number of aryl methyl sites for hydroxylation is 1. The van der Waals surface area contributed by atoms with Crippen LogP contribution in [0.5, 0.6) is 0 Å². The maximum Gasteiger partial charge on any atom is 0.255 e. The molecule has 0 aliphatic rings. The predicted octanol–water partition coefficient (Wildman–Crippen LogP) is 2.95. The van der Waals surface area contributed by atoms with E-state index < -0.39 is 0 Å². The van der Waals surface area contributed by atoms with Crippen molar-refractivity contribution in [1.29, 1.82) is 0 Å². The molecule has 0 aliphatic carbocycles. The normalized spacial score (nSPS) is 10.9. The highest BCUT2D eigenvalue weighted by molar-refractivity contribution is 7.99. The molecule has 0 unspecified atom stereocenters. The number of nitrogens with zero attached hydrogens (tertiary/aromatic N) is 1. The van der Waals surface area contributed by atoms with Gasteiger partial charge in [0.15, 0.2) is 5.16 Å². The third-order valence-electron chi connectivity index (χ3n) is 2.23. The van der Waals surface area contributed by atoms with Gasteiger partial charge in [-0.05, 0) is 19.8 Å². The molecule has 0 aromatic carbocycles. The predicted molar refractivity (Wildman–Crippen MR) is 73.7 cm³/mol. The third kappa shape index (κ3) is 4.38. The van der Waals surface area contributed by atoms with Crippen LogP contribution in [0.25, 0.3) is 0 Å². The number of H-pyrrole nitrogens is 1. The number of thioether (sulfide) groups is 1. The second-order valence-electron chi connectivity index (χ2n) is 4.77. The molecule has 0 bridgehead atoms. The molecule has 1 aromatic heterocycles. The minimum absolute atomic E-state index is 0.0354. The van der Waals surface area contributed by atoms with Crippen LogP contribution in [-0.2, 0) is 6.42 Å². The molecule has 1 heterocycles. The first-order valence-electron chi connectivity index (χ1n) is 5.77. The van der Waals surface area contributed by atoms with Crippen molar-refractivity contribution < 1.29 is 0 Å². The lowest BCUT2D eigenvalue weighted by molar-refractivity contribution is 0.746. The molecule has 1 N–H and O–H groups in total. The first-order chi connectivity index (χ1) is 7.90. The van der Waals surface area contributed by atoms with Crippen molar-refractivity contribution in [3.63, 3.8) is 0 Å². The van der Waals surface area contributed by atoms with E-state index in [0.717, 1.165) is 22.6 Å². The van der Waals surface area contributed by atoms with Crippen LogP contribution in [0.1, 0.15) is 32.0 Å². The quantitative estimate of drug-likeness (QED) is 0.498. The molecule has 0 amide bonds. The lowest BCUT2D eigenvalue weighted by Gasteiger charge is -2.07. The fraction of sp³-hybridized carbons (Fsp3) is 0.538. The van der Waals surface area contributed by atoms with Crippen LogP contribution >= 0.6 is 11.8 Å². The first-order valence-corrected chi connectivity index (χ1v) is 6.75. The number of nitrogens with one attached hydrogen (secondary N) is 1. The summed E-state index contributed by atoms with van der Waals surface area (Å²) in [5.74, 6) is 1.54. The van der Waals surface area contributed by atoms with Gasteiger partial charge in [0.1, 0.15) is 0 Å². The highest BCUT2D eigenvalue weighted by Gasteiger charge is 2.09. The van der Waals surface area contributed by atoms with Gasteiger partial charge in [-0.3, -0.25) is 4.79 Å². The van der Waals surface area contributed by atoms with E-state index in [-0.39, 0.29) is 5.56 Å². The molecule has 1 aromatic rings. The van der Waals surface area contributed by atoms with E-state index in [1.807, 2.05) is 13.8 Å². The molecule has 0 saturated heterocycles. The number of rotatable bonds is 5. The Kier molecular flexibility index (Phi) is 5.00. The second-order valence-corrected chi connectivity index (χ2v) is 5.78. The highest BCUT2D eigenvalue weighted by atomic mass is 32.2. The summed E-state index contributed by atoms with van der Waals surface area (Å²) in [5, 5.41) is 0.715. The number of aromatic amines is 1. The third-order valence-corrected chi connectivity index (χ3v) is 3.53. The van der Waals surface area contributed by atoms with Gasteiger partial charge >= 0.3 is 0 Å². The number of hydrogen-bond acceptors (Lipinski definition) is 3. The molecule has 17 heavy (non-hydrogen) atoms. The van der Waals surface area contributed by atoms with E-state index in [2.05, 4.69) is 30.4 Å². The van der Waals surface area contributed by atoms with Crippen molar-refractivity contribution >= 4 is 11.8 Å². The van der Waals surface area contributed by atoms with Gasteiger partial charge in [-0.25, -0.2) is 4.98 Å². The molecule has 1 rings (SSSR count). The smallest absolute Gasteiger partial charge is 0.255 e. The molecule has 3 nitrogen and oxygen atoms in total. The van der Waals surface area contributed by atoms with Gasteiger partial charge in [0.25, 0.3) is 5.56 Å². The minimum Gasteiger partial charge on any atom is -0.301 e. The summed E-state index contributed by atoms with van der Waals surface area (Å²) in [6.07, 6.45) is 0.600. The molecule has 94 valence electrons. The summed E-state index contributed by atoms with van der Waals surface area (Å²) in [7, 11) is 0. The van der Waals surface area contributed by atoms with Crippen LogP contribution in [0.15, 0.2) is 22.1 Å². The van der Waals surface area contributed by atoms with Crippen molar-refractivity contribution in [2.24, 2.45) is 5.92 Å². The number of aromatic nitrogens is 2. The molecule has 0 spiro atoms. The Morgan fingerprint density at radius 2 is 2.18 bits per heavy atom. The van der Waals surface area contributed by atoms with Gasteiger partial charge in [0.2, 0.25) is 0 Å². The van der Waals surface area contributed by atoms with Crippen LogP contribution in [0, 0.1) is 12.8 Å². The number of hydrogen-bond donors (Lipinski definition) is 1. The maximum absolute atomic E-state index is 11.9. The van der Waals surface area contributed by atoms with E-state index in [0.29, 0.717) is 17.5 Å². The minimum atomic E-state index is -0.0354. The molecular formula is C13H20N2OS. The van der Waals surface area contributed by atoms with Crippen molar-refractivity contribution in [2.75, 3.05) is 5.75 Å². The Morgan fingerprint density at radius 3 is 2.65 bits per heavy atom. The van der Waals surface area contributed by atoms with E-state index in [1.165, 1.54) is 0 Å². The van der Waals surface area contributed by atoms with Crippen molar-refractivity contribution in [1.82, 2.24) is 9.97 Å². The zero-order valence-corrected chi connectivity index (χ0v) is 11.8. The molecule has 0 fully saturated rings. The summed E-state index contributed by atoms with van der Waals surface area (Å²) < 4.78 is 0. The molecular weight excluding hydrogens is 232 g/mol. The molecule has 4 heteroatoms. The van der Waals surface area contributed by atoms with Gasteiger partial charge in [0, 0.05) is 23.4 Å². The Labute approximate surface area is 107 Å². The monoisotopic (exact) mass is 252 g/mol. The summed E-state index contributed by atoms with van der Waals surface area (Å²) >= 11 is 1.60. The molecule has 0 saturated carbocycles. The fourth-order valence-electron chi connectivity index (χ4n) is 1.41. The first kappa shape index (κ1) is 14.0. The van der Waals surface area contributed by atoms with Crippen molar-refractivity contribution in [3.05, 3.63) is 33.8 Å². The molecule has 0 atom stereocenters. The Balaban J connectivity index is 2.93. The van der Waals surface area contributed by atoms with Gasteiger partial charge < -0.3 is 4.98 Å². The second kappa shape index (κ2) is 6.05. The van der Waals surface area contributed by atoms with Crippen LogP contribution in [0.4, 0.5) is 0 Å². The van der Waals surface area contributed by atoms with Gasteiger partial charge in [0.05, 0.1) is 0 Å². The highest BCUT2D eigenvalue weighted by Crippen LogP contribution is 2.16. The Bertz CT molecular complexity index is 463. The van der Waals surface area contributed by atoms with Crippen LogP contribution in [0.2, 0.25) is 0 Å². The summed E-state index contributed by atoms with van der Waals surface area (Å²) in [5.41, 5.74) is 2.48. The maximum atomic E-state index is 11.9. The average Bonchev–Trinajstić information content (AvgIpc) is 2.20. The van der Waals surface area contributed by atoms with Crippen molar-refractivity contribution in [2.45, 2.75) is 39.3 Å². The van der Waals surface area contributed by atoms with Crippen LogP contribution in [-0.4, -0.2) is 15.7 Å². The van der Waals surface area contributed by atoms with E-state index >= 15 is 0 Å².